The highest BCUT2D eigenvalue weighted by molar-refractivity contribution is 9.10. The summed E-state index contributed by atoms with van der Waals surface area (Å²) in [5.41, 5.74) is 2.38. The van der Waals surface area contributed by atoms with Crippen LogP contribution < -0.4 is 5.32 Å². The van der Waals surface area contributed by atoms with Crippen molar-refractivity contribution in [3.8, 4) is 0 Å². The fraction of sp³-hybridized carbons (Fsp3) is 0.0526. The van der Waals surface area contributed by atoms with E-state index in [1.807, 2.05) is 6.07 Å². The summed E-state index contributed by atoms with van der Waals surface area (Å²) in [5, 5.41) is 5.94. The number of halogens is 1. The SMILES string of the molecule is Brc1ccc(NC/C=C/c2ccccc2)c2ccccc12. The van der Waals surface area contributed by atoms with Crippen LogP contribution in [0.15, 0.2) is 77.3 Å². The van der Waals surface area contributed by atoms with Gasteiger partial charge in [0.05, 0.1) is 0 Å². The largest absolute Gasteiger partial charge is 0.381 e. The third-order valence-electron chi connectivity index (χ3n) is 3.39. The second-order valence-corrected chi connectivity index (χ2v) is 5.69. The maximum absolute atomic E-state index is 3.60. The van der Waals surface area contributed by atoms with Gasteiger partial charge in [0.25, 0.3) is 0 Å². The van der Waals surface area contributed by atoms with Gasteiger partial charge in [-0.15, -0.1) is 0 Å². The molecule has 0 radical (unpaired) electrons. The van der Waals surface area contributed by atoms with Crippen LogP contribution >= 0.6 is 15.9 Å². The van der Waals surface area contributed by atoms with E-state index in [9.17, 15) is 0 Å². The molecule has 3 aromatic rings. The summed E-state index contributed by atoms with van der Waals surface area (Å²) in [4.78, 5) is 0. The topological polar surface area (TPSA) is 12.0 Å². The Labute approximate surface area is 133 Å². The second kappa shape index (κ2) is 6.59. The maximum atomic E-state index is 3.60. The highest BCUT2D eigenvalue weighted by Gasteiger charge is 2.02. The predicted octanol–water partition coefficient (Wildman–Crippen LogP) is 5.73. The van der Waals surface area contributed by atoms with Gasteiger partial charge in [0.2, 0.25) is 0 Å². The van der Waals surface area contributed by atoms with Gasteiger partial charge < -0.3 is 5.32 Å². The van der Waals surface area contributed by atoms with Crippen molar-refractivity contribution in [2.24, 2.45) is 0 Å². The lowest BCUT2D eigenvalue weighted by atomic mass is 10.1. The molecule has 0 fully saturated rings. The molecule has 21 heavy (non-hydrogen) atoms. The molecule has 0 unspecified atom stereocenters. The van der Waals surface area contributed by atoms with Gasteiger partial charge >= 0.3 is 0 Å². The summed E-state index contributed by atoms with van der Waals surface area (Å²) in [6.45, 7) is 0.806. The van der Waals surface area contributed by atoms with Crippen LogP contribution in [-0.2, 0) is 0 Å². The third-order valence-corrected chi connectivity index (χ3v) is 4.08. The van der Waals surface area contributed by atoms with Crippen LogP contribution in [0.5, 0.6) is 0 Å². The normalized spacial score (nSPS) is 11.1. The molecule has 104 valence electrons. The van der Waals surface area contributed by atoms with Crippen LogP contribution in [-0.4, -0.2) is 6.54 Å². The molecule has 0 saturated heterocycles. The molecule has 3 aromatic carbocycles. The van der Waals surface area contributed by atoms with Gasteiger partial charge in [-0.25, -0.2) is 0 Å². The molecule has 1 N–H and O–H groups in total. The number of fused-ring (bicyclic) bond motifs is 1. The molecule has 0 saturated carbocycles. The van der Waals surface area contributed by atoms with Crippen molar-refractivity contribution < 1.29 is 0 Å². The maximum Gasteiger partial charge on any atom is 0.0423 e. The number of hydrogen-bond donors (Lipinski definition) is 1. The number of nitrogens with one attached hydrogen (secondary N) is 1. The Morgan fingerprint density at radius 3 is 2.33 bits per heavy atom. The Kier molecular flexibility index (Phi) is 4.37. The minimum atomic E-state index is 0.806. The van der Waals surface area contributed by atoms with Gasteiger partial charge in [0, 0.05) is 22.1 Å². The summed E-state index contributed by atoms with van der Waals surface area (Å²) in [5.74, 6) is 0. The summed E-state index contributed by atoms with van der Waals surface area (Å²) in [7, 11) is 0. The quantitative estimate of drug-likeness (QED) is 0.641. The molecule has 2 heteroatoms. The van der Waals surface area contributed by atoms with Crippen LogP contribution in [0.25, 0.3) is 16.8 Å². The first kappa shape index (κ1) is 13.9. The van der Waals surface area contributed by atoms with Gasteiger partial charge in [-0.1, -0.05) is 82.7 Å². The summed E-state index contributed by atoms with van der Waals surface area (Å²) >= 11 is 3.60. The van der Waals surface area contributed by atoms with Gasteiger partial charge in [-0.05, 0) is 23.1 Å². The fourth-order valence-electron chi connectivity index (χ4n) is 2.34. The predicted molar refractivity (Wildman–Crippen MR) is 95.6 cm³/mol. The first-order chi connectivity index (χ1) is 10.3. The lowest BCUT2D eigenvalue weighted by Crippen LogP contribution is -1.98. The van der Waals surface area contributed by atoms with Crippen LogP contribution in [0.2, 0.25) is 0 Å². The zero-order chi connectivity index (χ0) is 14.5. The van der Waals surface area contributed by atoms with Crippen molar-refractivity contribution >= 4 is 38.5 Å². The molecule has 0 aromatic heterocycles. The van der Waals surface area contributed by atoms with E-state index in [0.717, 1.165) is 16.7 Å². The van der Waals surface area contributed by atoms with Crippen molar-refractivity contribution in [1.82, 2.24) is 0 Å². The van der Waals surface area contributed by atoms with Gasteiger partial charge in [0.1, 0.15) is 0 Å². The molecule has 0 aliphatic heterocycles. The Hall–Kier alpha value is -2.06. The zero-order valence-corrected chi connectivity index (χ0v) is 13.2. The van der Waals surface area contributed by atoms with E-state index in [0.29, 0.717) is 0 Å². The van der Waals surface area contributed by atoms with Gasteiger partial charge in [-0.3, -0.25) is 0 Å². The average Bonchev–Trinajstić information content (AvgIpc) is 2.55. The van der Waals surface area contributed by atoms with Gasteiger partial charge in [0.15, 0.2) is 0 Å². The van der Waals surface area contributed by atoms with E-state index in [1.54, 1.807) is 0 Å². The van der Waals surface area contributed by atoms with E-state index in [-0.39, 0.29) is 0 Å². The average molecular weight is 338 g/mol. The standard InChI is InChI=1S/C19H16BrN/c20-18-12-13-19(17-11-5-4-10-16(17)18)21-14-6-9-15-7-2-1-3-8-15/h1-13,21H,14H2/b9-6+. The molecule has 0 bridgehead atoms. The molecule has 1 nitrogen and oxygen atoms in total. The molecule has 0 heterocycles. The van der Waals surface area contributed by atoms with E-state index in [1.165, 1.54) is 16.3 Å². The summed E-state index contributed by atoms with van der Waals surface area (Å²) in [6.07, 6.45) is 4.28. The minimum absolute atomic E-state index is 0.806. The zero-order valence-electron chi connectivity index (χ0n) is 11.6. The second-order valence-electron chi connectivity index (χ2n) is 4.83. The monoisotopic (exact) mass is 337 g/mol. The lowest BCUT2D eigenvalue weighted by Gasteiger charge is -2.09. The molecule has 0 atom stereocenters. The Balaban J connectivity index is 1.74. The molecule has 0 aliphatic carbocycles. The Morgan fingerprint density at radius 1 is 0.810 bits per heavy atom. The van der Waals surface area contributed by atoms with Crippen LogP contribution in [0.1, 0.15) is 5.56 Å². The molecular formula is C19H16BrN. The molecule has 3 rings (SSSR count). The number of benzene rings is 3. The third kappa shape index (κ3) is 3.34. The highest BCUT2D eigenvalue weighted by atomic mass is 79.9. The lowest BCUT2D eigenvalue weighted by molar-refractivity contribution is 1.35. The Bertz CT molecular complexity index is 763. The molecule has 0 spiro atoms. The van der Waals surface area contributed by atoms with Crippen LogP contribution in [0.3, 0.4) is 0 Å². The highest BCUT2D eigenvalue weighted by Crippen LogP contribution is 2.29. The van der Waals surface area contributed by atoms with E-state index in [4.69, 9.17) is 0 Å². The van der Waals surface area contributed by atoms with Gasteiger partial charge in [-0.2, -0.15) is 0 Å². The van der Waals surface area contributed by atoms with Crippen molar-refractivity contribution in [2.45, 2.75) is 0 Å². The summed E-state index contributed by atoms with van der Waals surface area (Å²) < 4.78 is 1.13. The minimum Gasteiger partial charge on any atom is -0.381 e. The fourth-order valence-corrected chi connectivity index (χ4v) is 2.82. The number of rotatable bonds is 4. The van der Waals surface area contributed by atoms with E-state index >= 15 is 0 Å². The molecular weight excluding hydrogens is 322 g/mol. The smallest absolute Gasteiger partial charge is 0.0423 e. The van der Waals surface area contributed by atoms with Crippen molar-refractivity contribution in [1.29, 1.82) is 0 Å². The van der Waals surface area contributed by atoms with E-state index in [2.05, 4.69) is 94.1 Å². The first-order valence-electron chi connectivity index (χ1n) is 6.97. The van der Waals surface area contributed by atoms with E-state index < -0.39 is 0 Å². The number of anilines is 1. The van der Waals surface area contributed by atoms with Crippen molar-refractivity contribution in [2.75, 3.05) is 11.9 Å². The first-order valence-corrected chi connectivity index (χ1v) is 7.76. The Morgan fingerprint density at radius 2 is 1.52 bits per heavy atom. The number of hydrogen-bond acceptors (Lipinski definition) is 1. The molecule has 0 amide bonds. The van der Waals surface area contributed by atoms with Crippen LogP contribution in [0, 0.1) is 0 Å². The van der Waals surface area contributed by atoms with Crippen molar-refractivity contribution in [3.63, 3.8) is 0 Å². The summed E-state index contributed by atoms with van der Waals surface area (Å²) in [6, 6.07) is 22.9. The van der Waals surface area contributed by atoms with Crippen molar-refractivity contribution in [3.05, 3.63) is 82.8 Å². The van der Waals surface area contributed by atoms with Crippen LogP contribution in [0.4, 0.5) is 5.69 Å². The molecule has 0 aliphatic rings.